The van der Waals surface area contributed by atoms with Gasteiger partial charge in [-0.1, -0.05) is 41.0 Å². The Hall–Kier alpha value is -2.97. The minimum Gasteiger partial charge on any atom is -0.279 e. The molecule has 5 rings (SSSR count). The van der Waals surface area contributed by atoms with Gasteiger partial charge in [0.25, 0.3) is 5.45 Å². The molecule has 0 fully saturated rings. The zero-order valence-corrected chi connectivity index (χ0v) is 15.6. The molecule has 0 aliphatic carbocycles. The van der Waals surface area contributed by atoms with Crippen LogP contribution in [0.15, 0.2) is 77.0 Å². The number of aliphatic imine (C=N–C) groups is 2. The van der Waals surface area contributed by atoms with Gasteiger partial charge in [0.05, 0.1) is 24.4 Å². The molecule has 0 saturated carbocycles. The highest BCUT2D eigenvalue weighted by molar-refractivity contribution is 7.63. The molecule has 1 unspecified atom stereocenters. The van der Waals surface area contributed by atoms with Gasteiger partial charge in [-0.3, -0.25) is 9.98 Å². The van der Waals surface area contributed by atoms with E-state index in [4.69, 9.17) is 9.98 Å². The van der Waals surface area contributed by atoms with Crippen LogP contribution in [-0.4, -0.2) is 16.1 Å². The molecule has 0 saturated heterocycles. The number of aromatic nitrogens is 1. The van der Waals surface area contributed by atoms with Crippen LogP contribution < -0.4 is 0 Å². The molecule has 0 radical (unpaired) electrons. The Kier molecular flexibility index (Phi) is 3.99. The Labute approximate surface area is 158 Å². The fraction of sp³-hybridized carbons (Fsp3) is 0.136. The zero-order valence-electron chi connectivity index (χ0n) is 14.7. The molecule has 0 N–H and O–H groups in total. The monoisotopic (exact) mass is 370 g/mol. The number of nitrogens with zero attached hydrogens (tertiary/aromatic N) is 3. The topological polar surface area (TPSA) is 54.7 Å². The second kappa shape index (κ2) is 6.64. The summed E-state index contributed by atoms with van der Waals surface area (Å²) >= 11 is 0. The first-order valence-corrected chi connectivity index (χ1v) is 10.4. The van der Waals surface area contributed by atoms with Gasteiger partial charge in [0, 0.05) is 29.1 Å². The molecule has 3 heterocycles. The molecular formula is C22H17N3OP+. The van der Waals surface area contributed by atoms with Gasteiger partial charge < -0.3 is 0 Å². The van der Waals surface area contributed by atoms with Crippen molar-refractivity contribution in [2.24, 2.45) is 9.98 Å². The van der Waals surface area contributed by atoms with Crippen LogP contribution in [0.3, 0.4) is 0 Å². The molecule has 5 heteroatoms. The molecule has 0 spiro atoms. The smallest absolute Gasteiger partial charge is 0.279 e. The van der Waals surface area contributed by atoms with Gasteiger partial charge in [-0.15, -0.1) is 0 Å². The Morgan fingerprint density at radius 3 is 2.59 bits per heavy atom. The van der Waals surface area contributed by atoms with Gasteiger partial charge in [0.15, 0.2) is 6.16 Å². The Morgan fingerprint density at radius 1 is 0.963 bits per heavy atom. The van der Waals surface area contributed by atoms with Crippen LogP contribution in [0.25, 0.3) is 0 Å². The van der Waals surface area contributed by atoms with E-state index < -0.39 is 7.80 Å². The maximum Gasteiger partial charge on any atom is 0.397 e. The van der Waals surface area contributed by atoms with Crippen molar-refractivity contribution in [3.63, 3.8) is 0 Å². The number of fused-ring (bicyclic) bond motifs is 2. The highest BCUT2D eigenvalue weighted by atomic mass is 31.1. The Balaban J connectivity index is 1.43. The minimum absolute atomic E-state index is 0.548. The van der Waals surface area contributed by atoms with Crippen molar-refractivity contribution in [1.29, 1.82) is 0 Å². The summed E-state index contributed by atoms with van der Waals surface area (Å²) in [4.78, 5) is 13.5. The van der Waals surface area contributed by atoms with Crippen LogP contribution in [0.4, 0.5) is 5.69 Å². The lowest BCUT2D eigenvalue weighted by molar-refractivity contribution is 0.593. The maximum atomic E-state index is 12.8. The van der Waals surface area contributed by atoms with Gasteiger partial charge in [-0.05, 0) is 29.3 Å². The fourth-order valence-electron chi connectivity index (χ4n) is 3.62. The predicted octanol–water partition coefficient (Wildman–Crippen LogP) is 5.05. The van der Waals surface area contributed by atoms with Crippen molar-refractivity contribution in [3.05, 3.63) is 94.8 Å². The summed E-state index contributed by atoms with van der Waals surface area (Å²) in [6.07, 6.45) is 4.79. The molecule has 2 aliphatic rings. The number of rotatable bonds is 4. The average Bonchev–Trinajstić information content (AvgIpc) is 3.31. The van der Waals surface area contributed by atoms with Crippen molar-refractivity contribution in [1.82, 2.24) is 4.98 Å². The molecule has 27 heavy (non-hydrogen) atoms. The summed E-state index contributed by atoms with van der Waals surface area (Å²) in [7, 11) is -1.50. The molecule has 130 valence electrons. The van der Waals surface area contributed by atoms with Gasteiger partial charge >= 0.3 is 7.80 Å². The molecule has 0 bridgehead atoms. The molecule has 1 aromatic heterocycles. The Bertz CT molecular complexity index is 1110. The molecular weight excluding hydrogens is 353 g/mol. The average molecular weight is 370 g/mol. The van der Waals surface area contributed by atoms with Gasteiger partial charge in [-0.2, -0.15) is 0 Å². The second-order valence-electron chi connectivity index (χ2n) is 6.77. The second-order valence-corrected chi connectivity index (χ2v) is 8.36. The van der Waals surface area contributed by atoms with E-state index in [9.17, 15) is 4.57 Å². The van der Waals surface area contributed by atoms with Crippen LogP contribution in [0.5, 0.6) is 0 Å². The lowest BCUT2D eigenvalue weighted by atomic mass is 9.97. The van der Waals surface area contributed by atoms with Crippen molar-refractivity contribution in [3.8, 4) is 0 Å². The van der Waals surface area contributed by atoms with E-state index >= 15 is 0 Å². The van der Waals surface area contributed by atoms with Crippen molar-refractivity contribution in [2.75, 3.05) is 0 Å². The summed E-state index contributed by atoms with van der Waals surface area (Å²) in [5, 5.41) is 0. The largest absolute Gasteiger partial charge is 0.397 e. The summed E-state index contributed by atoms with van der Waals surface area (Å²) in [6, 6.07) is 18.2. The normalized spacial score (nSPS) is 15.0. The first-order valence-electron chi connectivity index (χ1n) is 8.95. The van der Waals surface area contributed by atoms with E-state index in [2.05, 4.69) is 17.1 Å². The van der Waals surface area contributed by atoms with E-state index in [0.29, 0.717) is 19.1 Å². The first-order chi connectivity index (χ1) is 13.3. The third-order valence-electron chi connectivity index (χ3n) is 4.98. The van der Waals surface area contributed by atoms with Gasteiger partial charge in [0.1, 0.15) is 0 Å². The summed E-state index contributed by atoms with van der Waals surface area (Å²) < 4.78 is 12.8. The van der Waals surface area contributed by atoms with E-state index in [0.717, 1.165) is 39.1 Å². The maximum absolute atomic E-state index is 12.8. The quantitative estimate of drug-likeness (QED) is 0.604. The predicted molar refractivity (Wildman–Crippen MR) is 109 cm³/mol. The van der Waals surface area contributed by atoms with E-state index in [1.807, 2.05) is 42.5 Å². The standard InChI is InChI=1S/C22H17N3OP/c26-27(14-15-4-2-1-3-5-15)21-11-17-10-18-13-24-22(16-6-8-23-9-7-16)19(18)12-20(17)25-21/h1-10,12H,11,13-14H2/q+1. The zero-order chi connectivity index (χ0) is 18.2. The molecule has 2 aromatic carbocycles. The number of hydrogen-bond acceptors (Lipinski definition) is 4. The van der Waals surface area contributed by atoms with Crippen LogP contribution in [-0.2, 0) is 23.7 Å². The molecule has 0 amide bonds. The molecule has 4 nitrogen and oxygen atoms in total. The minimum atomic E-state index is -1.50. The van der Waals surface area contributed by atoms with Crippen molar-refractivity contribution >= 4 is 24.7 Å². The third kappa shape index (κ3) is 3.02. The van der Waals surface area contributed by atoms with Crippen molar-refractivity contribution < 1.29 is 4.57 Å². The van der Waals surface area contributed by atoms with E-state index in [-0.39, 0.29) is 0 Å². The lowest BCUT2D eigenvalue weighted by Crippen LogP contribution is -2.01. The number of hydrogen-bond donors (Lipinski definition) is 0. The molecule has 3 aromatic rings. The SMILES string of the molecule is O=[P+](Cc1ccccc1)C1=Nc2cc3c(cc2C1)CN=C3c1ccncc1. The molecule has 2 aliphatic heterocycles. The van der Waals surface area contributed by atoms with E-state index in [1.165, 1.54) is 5.56 Å². The van der Waals surface area contributed by atoms with Crippen molar-refractivity contribution in [2.45, 2.75) is 19.1 Å². The van der Waals surface area contributed by atoms with Crippen LogP contribution in [0, 0.1) is 0 Å². The summed E-state index contributed by atoms with van der Waals surface area (Å²) in [5.41, 5.74) is 8.39. The first kappa shape index (κ1) is 16.2. The molecule has 1 atom stereocenters. The lowest BCUT2D eigenvalue weighted by Gasteiger charge is -2.06. The van der Waals surface area contributed by atoms with Gasteiger partial charge in [-0.25, -0.2) is 4.99 Å². The highest BCUT2D eigenvalue weighted by Gasteiger charge is 2.32. The van der Waals surface area contributed by atoms with Crippen LogP contribution in [0.2, 0.25) is 0 Å². The highest BCUT2D eigenvalue weighted by Crippen LogP contribution is 2.41. The number of pyridine rings is 1. The van der Waals surface area contributed by atoms with Gasteiger partial charge in [0.2, 0.25) is 0 Å². The third-order valence-corrected chi connectivity index (χ3v) is 6.46. The Morgan fingerprint density at radius 2 is 1.78 bits per heavy atom. The summed E-state index contributed by atoms with van der Waals surface area (Å²) in [5.74, 6) is 0. The van der Waals surface area contributed by atoms with Crippen LogP contribution in [0.1, 0.15) is 27.8 Å². The summed E-state index contributed by atoms with van der Waals surface area (Å²) in [6.45, 7) is 0.686. The fourth-order valence-corrected chi connectivity index (χ4v) is 4.91. The number of benzene rings is 2. The van der Waals surface area contributed by atoms with Crippen LogP contribution >= 0.6 is 7.80 Å². The van der Waals surface area contributed by atoms with E-state index in [1.54, 1.807) is 12.4 Å².